The van der Waals surface area contributed by atoms with Crippen molar-refractivity contribution in [1.29, 1.82) is 0 Å². The summed E-state index contributed by atoms with van der Waals surface area (Å²) in [6.45, 7) is 0.623. The first-order chi connectivity index (χ1) is 14.5. The summed E-state index contributed by atoms with van der Waals surface area (Å²) in [5.74, 6) is 0.994. The predicted octanol–water partition coefficient (Wildman–Crippen LogP) is 2.58. The number of H-pyrrole nitrogens is 1. The van der Waals surface area contributed by atoms with Gasteiger partial charge in [0.1, 0.15) is 0 Å². The van der Waals surface area contributed by atoms with E-state index in [1.54, 1.807) is 18.2 Å². The molecule has 162 valence electrons. The maximum atomic E-state index is 12.9. The van der Waals surface area contributed by atoms with E-state index in [-0.39, 0.29) is 17.1 Å². The summed E-state index contributed by atoms with van der Waals surface area (Å²) in [6.07, 6.45) is 3.41. The molecular formula is C21H26F2N4O3. The van der Waals surface area contributed by atoms with Crippen molar-refractivity contribution in [1.82, 2.24) is 14.9 Å². The predicted molar refractivity (Wildman–Crippen MR) is 109 cm³/mol. The Labute approximate surface area is 173 Å². The van der Waals surface area contributed by atoms with Crippen molar-refractivity contribution >= 4 is 5.95 Å². The fraction of sp³-hybridized carbons (Fsp3) is 0.524. The van der Waals surface area contributed by atoms with Crippen LogP contribution in [0.25, 0.3) is 0 Å². The molecule has 2 aliphatic rings. The minimum atomic E-state index is -2.93. The summed E-state index contributed by atoms with van der Waals surface area (Å²) >= 11 is 0. The van der Waals surface area contributed by atoms with Gasteiger partial charge in [0, 0.05) is 50.3 Å². The second-order valence-electron chi connectivity index (χ2n) is 7.61. The molecule has 1 saturated heterocycles. The molecule has 4 rings (SSSR count). The van der Waals surface area contributed by atoms with Crippen LogP contribution in [0.3, 0.4) is 0 Å². The van der Waals surface area contributed by atoms with Gasteiger partial charge >= 0.3 is 6.61 Å². The van der Waals surface area contributed by atoms with Gasteiger partial charge in [0.25, 0.3) is 5.56 Å². The summed E-state index contributed by atoms with van der Waals surface area (Å²) in [5.41, 5.74) is 2.10. The fourth-order valence-electron chi connectivity index (χ4n) is 4.19. The number of hydrogen-bond acceptors (Lipinski definition) is 6. The number of aromatic nitrogens is 2. The molecule has 1 fully saturated rings. The normalized spacial score (nSPS) is 17.1. The van der Waals surface area contributed by atoms with E-state index in [1.807, 2.05) is 0 Å². The number of methoxy groups -OCH3 is 1. The first-order valence-electron chi connectivity index (χ1n) is 10.2. The van der Waals surface area contributed by atoms with Crippen LogP contribution < -0.4 is 19.9 Å². The number of aromatic amines is 1. The number of anilines is 1. The summed E-state index contributed by atoms with van der Waals surface area (Å²) in [5, 5.41) is 0. The average molecular weight is 420 g/mol. The third-order valence-corrected chi connectivity index (χ3v) is 5.72. The van der Waals surface area contributed by atoms with E-state index in [0.717, 1.165) is 37.2 Å². The zero-order valence-electron chi connectivity index (χ0n) is 17.0. The van der Waals surface area contributed by atoms with Gasteiger partial charge in [-0.2, -0.15) is 8.78 Å². The molecule has 0 unspecified atom stereocenters. The van der Waals surface area contributed by atoms with E-state index < -0.39 is 6.61 Å². The Kier molecular flexibility index (Phi) is 6.17. The number of nitrogens with one attached hydrogen (secondary N) is 1. The van der Waals surface area contributed by atoms with Crippen molar-refractivity contribution in [2.24, 2.45) is 0 Å². The number of fused-ring (bicyclic) bond motifs is 1. The minimum absolute atomic E-state index is 0.0593. The third-order valence-electron chi connectivity index (χ3n) is 5.72. The molecular weight excluding hydrogens is 394 g/mol. The molecule has 9 heteroatoms. The average Bonchev–Trinajstić information content (AvgIpc) is 3.18. The van der Waals surface area contributed by atoms with E-state index in [0.29, 0.717) is 44.0 Å². The monoisotopic (exact) mass is 420 g/mol. The molecule has 1 aromatic carbocycles. The van der Waals surface area contributed by atoms with Gasteiger partial charge in [-0.3, -0.25) is 14.7 Å². The highest BCUT2D eigenvalue weighted by Crippen LogP contribution is 2.33. The second kappa shape index (κ2) is 8.99. The van der Waals surface area contributed by atoms with Crippen molar-refractivity contribution in [3.8, 4) is 11.5 Å². The lowest BCUT2D eigenvalue weighted by atomic mass is 10.1. The molecule has 7 nitrogen and oxygen atoms in total. The number of para-hydroxylation sites is 1. The van der Waals surface area contributed by atoms with Gasteiger partial charge in [-0.05, 0) is 25.3 Å². The maximum Gasteiger partial charge on any atom is 0.387 e. The molecule has 2 aliphatic heterocycles. The van der Waals surface area contributed by atoms with Crippen LogP contribution in [0.4, 0.5) is 14.7 Å². The first-order valence-corrected chi connectivity index (χ1v) is 10.2. The van der Waals surface area contributed by atoms with Crippen LogP contribution in [0.15, 0.2) is 23.0 Å². The van der Waals surface area contributed by atoms with Crippen LogP contribution in [0.2, 0.25) is 0 Å². The highest BCUT2D eigenvalue weighted by molar-refractivity contribution is 5.46. The quantitative estimate of drug-likeness (QED) is 0.775. The summed E-state index contributed by atoms with van der Waals surface area (Å²) in [6, 6.07) is 5.12. The highest BCUT2D eigenvalue weighted by atomic mass is 19.3. The molecule has 0 radical (unpaired) electrons. The van der Waals surface area contributed by atoms with Gasteiger partial charge in [-0.1, -0.05) is 12.1 Å². The zero-order valence-corrected chi connectivity index (χ0v) is 17.0. The topological polar surface area (TPSA) is 70.7 Å². The molecule has 1 aromatic heterocycles. The Bertz CT molecular complexity index is 944. The maximum absolute atomic E-state index is 12.9. The van der Waals surface area contributed by atoms with E-state index in [9.17, 15) is 13.6 Å². The van der Waals surface area contributed by atoms with Crippen molar-refractivity contribution in [2.45, 2.75) is 38.8 Å². The van der Waals surface area contributed by atoms with Gasteiger partial charge in [0.2, 0.25) is 5.95 Å². The van der Waals surface area contributed by atoms with Crippen molar-refractivity contribution in [3.63, 3.8) is 0 Å². The molecule has 0 atom stereocenters. The Balaban J connectivity index is 1.52. The van der Waals surface area contributed by atoms with E-state index in [4.69, 9.17) is 14.5 Å². The SMILES string of the molecule is COc1cccc(CN2CCc3nc(N4CCCC4)[nH]c(=O)c3CC2)c1OC(F)F. The number of halogens is 2. The molecule has 0 amide bonds. The van der Waals surface area contributed by atoms with Gasteiger partial charge in [0.05, 0.1) is 12.8 Å². The molecule has 0 bridgehead atoms. The largest absolute Gasteiger partial charge is 0.493 e. The van der Waals surface area contributed by atoms with Crippen LogP contribution in [0, 0.1) is 0 Å². The fourth-order valence-corrected chi connectivity index (χ4v) is 4.19. The number of hydrogen-bond donors (Lipinski definition) is 1. The van der Waals surface area contributed by atoms with Crippen molar-refractivity contribution in [2.75, 3.05) is 38.2 Å². The van der Waals surface area contributed by atoms with Crippen LogP contribution in [0.5, 0.6) is 11.5 Å². The highest BCUT2D eigenvalue weighted by Gasteiger charge is 2.23. The standard InChI is InChI=1S/C21H26F2N4O3/c1-29-17-6-4-5-14(18(17)30-20(22)23)13-26-11-7-15-16(8-12-26)24-21(25-19(15)28)27-9-2-3-10-27/h4-6,20H,2-3,7-13H2,1H3,(H,24,25,28). The number of rotatable bonds is 6. The van der Waals surface area contributed by atoms with Gasteiger partial charge < -0.3 is 14.4 Å². The molecule has 1 N–H and O–H groups in total. The van der Waals surface area contributed by atoms with E-state index in [1.165, 1.54) is 7.11 Å². The molecule has 2 aromatic rings. The van der Waals surface area contributed by atoms with Gasteiger partial charge in [0.15, 0.2) is 11.5 Å². The van der Waals surface area contributed by atoms with Gasteiger partial charge in [-0.15, -0.1) is 0 Å². The van der Waals surface area contributed by atoms with Crippen molar-refractivity contribution in [3.05, 3.63) is 45.4 Å². The Morgan fingerprint density at radius 1 is 1.17 bits per heavy atom. The smallest absolute Gasteiger partial charge is 0.387 e. The van der Waals surface area contributed by atoms with Crippen LogP contribution >= 0.6 is 0 Å². The van der Waals surface area contributed by atoms with Crippen LogP contribution in [-0.2, 0) is 19.4 Å². The van der Waals surface area contributed by atoms with Gasteiger partial charge in [-0.25, -0.2) is 4.98 Å². The number of nitrogens with zero attached hydrogens (tertiary/aromatic N) is 3. The lowest BCUT2D eigenvalue weighted by Gasteiger charge is -2.22. The van der Waals surface area contributed by atoms with Crippen LogP contribution in [0.1, 0.15) is 29.7 Å². The Hall–Kier alpha value is -2.68. The third kappa shape index (κ3) is 4.40. The first kappa shape index (κ1) is 20.6. The summed E-state index contributed by atoms with van der Waals surface area (Å²) < 4.78 is 35.7. The minimum Gasteiger partial charge on any atom is -0.493 e. The zero-order chi connectivity index (χ0) is 21.1. The molecule has 0 spiro atoms. The number of ether oxygens (including phenoxy) is 2. The van der Waals surface area contributed by atoms with E-state index >= 15 is 0 Å². The molecule has 3 heterocycles. The second-order valence-corrected chi connectivity index (χ2v) is 7.61. The lowest BCUT2D eigenvalue weighted by Crippen LogP contribution is -2.27. The molecule has 30 heavy (non-hydrogen) atoms. The van der Waals surface area contributed by atoms with E-state index in [2.05, 4.69) is 14.8 Å². The lowest BCUT2D eigenvalue weighted by molar-refractivity contribution is -0.0521. The Morgan fingerprint density at radius 2 is 1.93 bits per heavy atom. The summed E-state index contributed by atoms with van der Waals surface area (Å²) in [4.78, 5) is 24.6. The number of benzene rings is 1. The molecule has 0 aliphatic carbocycles. The molecule has 0 saturated carbocycles. The van der Waals surface area contributed by atoms with Crippen molar-refractivity contribution < 1.29 is 18.3 Å². The van der Waals surface area contributed by atoms with Crippen LogP contribution in [-0.4, -0.2) is 54.8 Å². The summed E-state index contributed by atoms with van der Waals surface area (Å²) in [7, 11) is 1.43. The number of alkyl halides is 2. The Morgan fingerprint density at radius 3 is 2.67 bits per heavy atom.